The zero-order valence-electron chi connectivity index (χ0n) is 16.5. The lowest BCUT2D eigenvalue weighted by atomic mass is 10.0. The van der Waals surface area contributed by atoms with Crippen LogP contribution >= 0.6 is 11.3 Å². The van der Waals surface area contributed by atoms with Crippen molar-refractivity contribution in [2.24, 2.45) is 0 Å². The molecule has 7 nitrogen and oxygen atoms in total. The number of quaternary nitrogens is 1. The highest BCUT2D eigenvalue weighted by atomic mass is 32.1. The van der Waals surface area contributed by atoms with E-state index in [1.165, 1.54) is 30.5 Å². The van der Waals surface area contributed by atoms with Gasteiger partial charge in [0.2, 0.25) is 0 Å². The minimum Gasteiger partial charge on any atom is -0.497 e. The number of benzene rings is 1. The molecule has 0 fully saturated rings. The zero-order chi connectivity index (χ0) is 20.3. The summed E-state index contributed by atoms with van der Waals surface area (Å²) < 4.78 is 15.5. The number of fused-ring (bicyclic) bond motifs is 1. The second-order valence-corrected chi connectivity index (χ2v) is 7.61. The molecule has 0 spiro atoms. The molecule has 2 N–H and O–H groups in total. The average molecular weight is 405 g/mol. The zero-order valence-corrected chi connectivity index (χ0v) is 17.3. The third-order valence-electron chi connectivity index (χ3n) is 5.00. The summed E-state index contributed by atoms with van der Waals surface area (Å²) in [7, 11) is 4.41. The van der Waals surface area contributed by atoms with Crippen LogP contribution in [0.3, 0.4) is 0 Å². The van der Waals surface area contributed by atoms with Crippen LogP contribution in [0.5, 0.6) is 11.5 Å². The molecule has 3 rings (SSSR count). The van der Waals surface area contributed by atoms with Crippen LogP contribution in [-0.4, -0.2) is 46.3 Å². The van der Waals surface area contributed by atoms with Crippen molar-refractivity contribution in [1.82, 2.24) is 0 Å². The summed E-state index contributed by atoms with van der Waals surface area (Å²) in [6, 6.07) is 4.99. The third kappa shape index (κ3) is 3.83. The van der Waals surface area contributed by atoms with Crippen LogP contribution in [-0.2, 0) is 17.7 Å². The second-order valence-electron chi connectivity index (χ2n) is 6.50. The second kappa shape index (κ2) is 8.62. The fourth-order valence-corrected chi connectivity index (χ4v) is 4.70. The molecule has 1 aliphatic heterocycles. The number of esters is 1. The molecule has 1 atom stereocenters. The van der Waals surface area contributed by atoms with Gasteiger partial charge in [-0.2, -0.15) is 0 Å². The van der Waals surface area contributed by atoms with Crippen LogP contribution in [0.1, 0.15) is 38.1 Å². The number of anilines is 1. The first-order chi connectivity index (χ1) is 13.5. The number of amides is 1. The number of thiophene rings is 1. The number of nitrogens with one attached hydrogen (secondary N) is 2. The molecule has 1 amide bonds. The predicted molar refractivity (Wildman–Crippen MR) is 107 cm³/mol. The molecule has 0 saturated heterocycles. The van der Waals surface area contributed by atoms with Gasteiger partial charge in [-0.15, -0.1) is 11.3 Å². The lowest BCUT2D eigenvalue weighted by Crippen LogP contribution is -3.11. The molecule has 2 aromatic rings. The van der Waals surface area contributed by atoms with Crippen molar-refractivity contribution in [1.29, 1.82) is 0 Å². The first kappa shape index (κ1) is 20.2. The van der Waals surface area contributed by atoms with Gasteiger partial charge < -0.3 is 24.4 Å². The van der Waals surface area contributed by atoms with Crippen LogP contribution in [0.25, 0.3) is 0 Å². The van der Waals surface area contributed by atoms with Crippen molar-refractivity contribution in [2.75, 3.05) is 39.7 Å². The van der Waals surface area contributed by atoms with E-state index in [1.807, 2.05) is 0 Å². The average Bonchev–Trinajstić information content (AvgIpc) is 3.09. The van der Waals surface area contributed by atoms with Gasteiger partial charge in [-0.25, -0.2) is 4.79 Å². The van der Waals surface area contributed by atoms with Crippen molar-refractivity contribution < 1.29 is 28.7 Å². The van der Waals surface area contributed by atoms with Gasteiger partial charge in [-0.1, -0.05) is 0 Å². The Morgan fingerprint density at radius 3 is 2.64 bits per heavy atom. The quantitative estimate of drug-likeness (QED) is 0.716. The monoisotopic (exact) mass is 405 g/mol. The highest BCUT2D eigenvalue weighted by Gasteiger charge is 2.31. The van der Waals surface area contributed by atoms with E-state index in [0.29, 0.717) is 27.6 Å². The number of carbonyl (C=O) groups excluding carboxylic acids is 2. The molecule has 1 aromatic heterocycles. The number of likely N-dealkylation sites (N-methyl/N-ethyl adjacent to an activating group) is 1. The standard InChI is InChI=1S/C20H24N2O5S/c1-5-22-9-8-14-16(11-22)28-19(17(14)20(24)27-4)21-18(23)13-7-6-12(25-2)10-15(13)26-3/h6-7,10H,5,8-9,11H2,1-4H3,(H,21,23)/p+1. The maximum Gasteiger partial charge on any atom is 0.341 e. The fraction of sp³-hybridized carbons (Fsp3) is 0.400. The molecule has 1 unspecified atom stereocenters. The van der Waals surface area contributed by atoms with Crippen LogP contribution in [0.15, 0.2) is 18.2 Å². The minimum atomic E-state index is -0.422. The van der Waals surface area contributed by atoms with Gasteiger partial charge in [-0.05, 0) is 24.6 Å². The van der Waals surface area contributed by atoms with E-state index < -0.39 is 5.97 Å². The van der Waals surface area contributed by atoms with Crippen molar-refractivity contribution in [3.8, 4) is 11.5 Å². The number of rotatable bonds is 6. The number of hydrogen-bond acceptors (Lipinski definition) is 6. The maximum absolute atomic E-state index is 12.9. The van der Waals surface area contributed by atoms with Crippen molar-refractivity contribution in [2.45, 2.75) is 19.9 Å². The Labute approximate surface area is 168 Å². The van der Waals surface area contributed by atoms with E-state index in [4.69, 9.17) is 14.2 Å². The molecule has 0 bridgehead atoms. The predicted octanol–water partition coefficient (Wildman–Crippen LogP) is 1.77. The van der Waals surface area contributed by atoms with Gasteiger partial charge in [0.1, 0.15) is 23.0 Å². The van der Waals surface area contributed by atoms with E-state index in [-0.39, 0.29) is 5.91 Å². The molecule has 1 aromatic carbocycles. The van der Waals surface area contributed by atoms with E-state index in [9.17, 15) is 9.59 Å². The summed E-state index contributed by atoms with van der Waals surface area (Å²) in [6.45, 7) is 4.98. The third-order valence-corrected chi connectivity index (χ3v) is 6.15. The molecule has 8 heteroatoms. The summed E-state index contributed by atoms with van der Waals surface area (Å²) in [5.74, 6) is 0.231. The highest BCUT2D eigenvalue weighted by molar-refractivity contribution is 7.17. The normalized spacial score (nSPS) is 15.5. The van der Waals surface area contributed by atoms with Crippen molar-refractivity contribution in [3.05, 3.63) is 39.8 Å². The van der Waals surface area contributed by atoms with Crippen molar-refractivity contribution in [3.63, 3.8) is 0 Å². The van der Waals surface area contributed by atoms with E-state index in [1.54, 1.807) is 25.3 Å². The molecule has 0 aliphatic carbocycles. The summed E-state index contributed by atoms with van der Waals surface area (Å²) >= 11 is 1.45. The maximum atomic E-state index is 12.9. The van der Waals surface area contributed by atoms with Gasteiger partial charge in [0, 0.05) is 12.5 Å². The molecular formula is C20H25N2O5S+. The molecule has 28 heavy (non-hydrogen) atoms. The van der Waals surface area contributed by atoms with Crippen LogP contribution in [0.2, 0.25) is 0 Å². The SMILES string of the molecule is CC[NH+]1CCc2c(sc(NC(=O)c3ccc(OC)cc3OC)c2C(=O)OC)C1. The number of carbonyl (C=O) groups is 2. The summed E-state index contributed by atoms with van der Waals surface area (Å²) in [5.41, 5.74) is 1.83. The van der Waals surface area contributed by atoms with Gasteiger partial charge in [0.05, 0.1) is 50.4 Å². The largest absolute Gasteiger partial charge is 0.497 e. The number of hydrogen-bond donors (Lipinski definition) is 2. The minimum absolute atomic E-state index is 0.344. The number of ether oxygens (including phenoxy) is 3. The Balaban J connectivity index is 1.95. The highest BCUT2D eigenvalue weighted by Crippen LogP contribution is 2.36. The summed E-state index contributed by atoms with van der Waals surface area (Å²) in [5, 5.41) is 3.42. The van der Waals surface area contributed by atoms with E-state index in [2.05, 4.69) is 12.2 Å². The van der Waals surface area contributed by atoms with Gasteiger partial charge >= 0.3 is 5.97 Å². The van der Waals surface area contributed by atoms with Crippen molar-refractivity contribution >= 4 is 28.2 Å². The summed E-state index contributed by atoms with van der Waals surface area (Å²) in [4.78, 5) is 27.9. The van der Waals surface area contributed by atoms with Gasteiger partial charge in [0.25, 0.3) is 5.91 Å². The topological polar surface area (TPSA) is 78.3 Å². The van der Waals surface area contributed by atoms with E-state index >= 15 is 0 Å². The first-order valence-electron chi connectivity index (χ1n) is 9.12. The lowest BCUT2D eigenvalue weighted by molar-refractivity contribution is -0.913. The molecular weight excluding hydrogens is 380 g/mol. The van der Waals surface area contributed by atoms with Gasteiger partial charge in [-0.3, -0.25) is 4.79 Å². The Kier molecular flexibility index (Phi) is 6.21. The van der Waals surface area contributed by atoms with E-state index in [0.717, 1.165) is 36.5 Å². The Hall–Kier alpha value is -2.58. The molecule has 150 valence electrons. The first-order valence-corrected chi connectivity index (χ1v) is 9.93. The number of methoxy groups -OCH3 is 3. The lowest BCUT2D eigenvalue weighted by Gasteiger charge is -2.22. The van der Waals surface area contributed by atoms with Crippen LogP contribution in [0.4, 0.5) is 5.00 Å². The Morgan fingerprint density at radius 2 is 2.00 bits per heavy atom. The molecule has 0 radical (unpaired) electrons. The molecule has 2 heterocycles. The van der Waals surface area contributed by atoms with Gasteiger partial charge in [0.15, 0.2) is 0 Å². The van der Waals surface area contributed by atoms with Crippen LogP contribution in [0, 0.1) is 0 Å². The molecule has 1 aliphatic rings. The Bertz CT molecular complexity index is 893. The Morgan fingerprint density at radius 1 is 1.21 bits per heavy atom. The fourth-order valence-electron chi connectivity index (χ4n) is 3.40. The smallest absolute Gasteiger partial charge is 0.341 e. The molecule has 0 saturated carbocycles. The summed E-state index contributed by atoms with van der Waals surface area (Å²) in [6.07, 6.45) is 0.793. The van der Waals surface area contributed by atoms with Crippen LogP contribution < -0.4 is 19.7 Å².